The molecule has 1 amide bonds. The summed E-state index contributed by atoms with van der Waals surface area (Å²) >= 11 is 0. The van der Waals surface area contributed by atoms with E-state index in [2.05, 4.69) is 5.32 Å². The first-order chi connectivity index (χ1) is 15.8. The molecule has 3 aromatic carbocycles. The maximum atomic E-state index is 13.5. The van der Waals surface area contributed by atoms with Crippen LogP contribution in [0.25, 0.3) is 0 Å². The molecule has 3 rings (SSSR count). The molecule has 33 heavy (non-hydrogen) atoms. The van der Waals surface area contributed by atoms with Gasteiger partial charge in [0.1, 0.15) is 12.3 Å². The summed E-state index contributed by atoms with van der Waals surface area (Å²) in [5, 5.41) is 2.64. The Bertz CT molecular complexity index is 1260. The molecule has 0 radical (unpaired) electrons. The first-order valence-corrected chi connectivity index (χ1v) is 11.4. The fourth-order valence-electron chi connectivity index (χ4n) is 3.22. The molecular formula is C24H24N2O6S. The zero-order chi connectivity index (χ0) is 24.0. The monoisotopic (exact) mass is 468 g/mol. The van der Waals surface area contributed by atoms with Crippen LogP contribution < -0.4 is 14.4 Å². The van der Waals surface area contributed by atoms with Gasteiger partial charge in [-0.3, -0.25) is 9.10 Å². The highest BCUT2D eigenvalue weighted by Gasteiger charge is 2.28. The number of aryl methyl sites for hydroxylation is 1. The first-order valence-electron chi connectivity index (χ1n) is 9.97. The van der Waals surface area contributed by atoms with Crippen LogP contribution in [0.5, 0.6) is 5.75 Å². The van der Waals surface area contributed by atoms with E-state index in [-0.39, 0.29) is 10.5 Å². The number of nitrogens with zero attached hydrogens (tertiary/aromatic N) is 1. The van der Waals surface area contributed by atoms with Crippen LogP contribution in [0.3, 0.4) is 0 Å². The summed E-state index contributed by atoms with van der Waals surface area (Å²) in [5.74, 6) is -0.562. The van der Waals surface area contributed by atoms with Crippen molar-refractivity contribution in [2.24, 2.45) is 0 Å². The molecule has 0 atom stereocenters. The Hall–Kier alpha value is -3.85. The molecule has 0 spiro atoms. The second-order valence-corrected chi connectivity index (χ2v) is 8.96. The molecule has 0 saturated carbocycles. The van der Waals surface area contributed by atoms with Gasteiger partial charge in [0, 0.05) is 5.69 Å². The maximum absolute atomic E-state index is 13.5. The molecule has 0 unspecified atom stereocenters. The summed E-state index contributed by atoms with van der Waals surface area (Å²) in [6.07, 6.45) is 0. The third-order valence-corrected chi connectivity index (χ3v) is 6.62. The number of hydrogen-bond donors (Lipinski definition) is 1. The smallest absolute Gasteiger partial charge is 0.337 e. The zero-order valence-corrected chi connectivity index (χ0v) is 19.3. The first kappa shape index (κ1) is 23.8. The lowest BCUT2D eigenvalue weighted by Gasteiger charge is -2.24. The van der Waals surface area contributed by atoms with Crippen LogP contribution in [0, 0.1) is 6.92 Å². The van der Waals surface area contributed by atoms with E-state index in [1.165, 1.54) is 32.4 Å². The maximum Gasteiger partial charge on any atom is 0.337 e. The van der Waals surface area contributed by atoms with Crippen LogP contribution >= 0.6 is 0 Å². The Morgan fingerprint density at radius 2 is 1.67 bits per heavy atom. The van der Waals surface area contributed by atoms with Gasteiger partial charge in [-0.25, -0.2) is 13.2 Å². The average molecular weight is 469 g/mol. The number of anilines is 2. The summed E-state index contributed by atoms with van der Waals surface area (Å²) in [6.45, 7) is 1.27. The van der Waals surface area contributed by atoms with Crippen LogP contribution in [0.2, 0.25) is 0 Å². The minimum Gasteiger partial charge on any atom is -0.496 e. The third-order valence-electron chi connectivity index (χ3n) is 4.85. The van der Waals surface area contributed by atoms with Crippen LogP contribution in [-0.2, 0) is 19.6 Å². The fourth-order valence-corrected chi connectivity index (χ4v) is 4.73. The van der Waals surface area contributed by atoms with Gasteiger partial charge in [-0.1, -0.05) is 24.3 Å². The number of benzene rings is 3. The van der Waals surface area contributed by atoms with E-state index in [1.807, 2.05) is 0 Å². The Morgan fingerprint density at radius 1 is 0.939 bits per heavy atom. The van der Waals surface area contributed by atoms with Crippen LogP contribution in [0.15, 0.2) is 77.7 Å². The molecule has 0 aliphatic rings. The van der Waals surface area contributed by atoms with E-state index in [0.717, 1.165) is 4.31 Å². The van der Waals surface area contributed by atoms with Gasteiger partial charge < -0.3 is 14.8 Å². The highest BCUT2D eigenvalue weighted by atomic mass is 32.2. The summed E-state index contributed by atoms with van der Waals surface area (Å²) in [5.41, 5.74) is 1.59. The van der Waals surface area contributed by atoms with Crippen molar-refractivity contribution in [2.75, 3.05) is 30.4 Å². The number of methoxy groups -OCH3 is 2. The van der Waals surface area contributed by atoms with Gasteiger partial charge in [0.2, 0.25) is 5.91 Å². The number of carbonyl (C=O) groups excluding carboxylic acids is 2. The number of carbonyl (C=O) groups is 2. The van der Waals surface area contributed by atoms with Gasteiger partial charge in [0.25, 0.3) is 10.0 Å². The standard InChI is InChI=1S/C24H24N2O6S/c1-17-14-21(12-13-22(17)31-2)33(29,30)26(20-10-5-4-6-11-20)16-23(27)25-19-9-7-8-18(15-19)24(28)32-3/h4-15H,16H2,1-3H3,(H,25,27). The fraction of sp³-hybridized carbons (Fsp3) is 0.167. The molecule has 3 aromatic rings. The lowest BCUT2D eigenvalue weighted by molar-refractivity contribution is -0.114. The van der Waals surface area contributed by atoms with E-state index in [4.69, 9.17) is 9.47 Å². The second-order valence-electron chi connectivity index (χ2n) is 7.10. The van der Waals surface area contributed by atoms with Crippen LogP contribution in [-0.4, -0.2) is 41.1 Å². The molecular weight excluding hydrogens is 444 g/mol. The molecule has 9 heteroatoms. The largest absolute Gasteiger partial charge is 0.496 e. The molecule has 0 aliphatic carbocycles. The van der Waals surface area contributed by atoms with Crippen LogP contribution in [0.4, 0.5) is 11.4 Å². The number of amides is 1. The minimum atomic E-state index is -4.07. The zero-order valence-electron chi connectivity index (χ0n) is 18.4. The number of sulfonamides is 1. The molecule has 172 valence electrons. The molecule has 0 fully saturated rings. The minimum absolute atomic E-state index is 0.0325. The number of rotatable bonds is 8. The molecule has 1 N–H and O–H groups in total. The van der Waals surface area contributed by atoms with Gasteiger partial charge in [-0.2, -0.15) is 0 Å². The van der Waals surface area contributed by atoms with E-state index < -0.39 is 28.4 Å². The van der Waals surface area contributed by atoms with Crippen molar-refractivity contribution in [3.8, 4) is 5.75 Å². The highest BCUT2D eigenvalue weighted by Crippen LogP contribution is 2.27. The van der Waals surface area contributed by atoms with Crippen LogP contribution in [0.1, 0.15) is 15.9 Å². The van der Waals surface area contributed by atoms with Gasteiger partial charge in [-0.05, 0) is 61.0 Å². The van der Waals surface area contributed by atoms with E-state index in [0.29, 0.717) is 22.7 Å². The summed E-state index contributed by atoms with van der Waals surface area (Å²) < 4.78 is 37.9. The third kappa shape index (κ3) is 5.50. The lowest BCUT2D eigenvalue weighted by Crippen LogP contribution is -2.38. The number of ether oxygens (including phenoxy) is 2. The predicted molar refractivity (Wildman–Crippen MR) is 125 cm³/mol. The van der Waals surface area contributed by atoms with Crippen molar-refractivity contribution in [1.29, 1.82) is 0 Å². The highest BCUT2D eigenvalue weighted by molar-refractivity contribution is 7.92. The molecule has 0 heterocycles. The van der Waals surface area contributed by atoms with Gasteiger partial charge in [-0.15, -0.1) is 0 Å². The number of hydrogen-bond acceptors (Lipinski definition) is 6. The quantitative estimate of drug-likeness (QED) is 0.507. The van der Waals surface area contributed by atoms with Gasteiger partial charge in [0.05, 0.1) is 30.4 Å². The molecule has 0 saturated heterocycles. The summed E-state index contributed by atoms with van der Waals surface area (Å²) in [4.78, 5) is 24.6. The van der Waals surface area contributed by atoms with Gasteiger partial charge >= 0.3 is 5.97 Å². The van der Waals surface area contributed by atoms with Gasteiger partial charge in [0.15, 0.2) is 0 Å². The Morgan fingerprint density at radius 3 is 2.30 bits per heavy atom. The normalized spacial score (nSPS) is 10.9. The Labute approximate surface area is 192 Å². The SMILES string of the molecule is COC(=O)c1cccc(NC(=O)CN(c2ccccc2)S(=O)(=O)c2ccc(OC)c(C)c2)c1. The Kier molecular flexibility index (Phi) is 7.34. The summed E-state index contributed by atoms with van der Waals surface area (Å²) in [6, 6.07) is 19.1. The number of esters is 1. The number of nitrogens with one attached hydrogen (secondary N) is 1. The van der Waals surface area contributed by atoms with Crippen molar-refractivity contribution < 1.29 is 27.5 Å². The second kappa shape index (κ2) is 10.2. The molecule has 0 bridgehead atoms. The van der Waals surface area contributed by atoms with Crippen molar-refractivity contribution in [2.45, 2.75) is 11.8 Å². The lowest BCUT2D eigenvalue weighted by atomic mass is 10.2. The van der Waals surface area contributed by atoms with E-state index >= 15 is 0 Å². The van der Waals surface area contributed by atoms with Crippen molar-refractivity contribution in [1.82, 2.24) is 0 Å². The molecule has 8 nitrogen and oxygen atoms in total. The molecule has 0 aromatic heterocycles. The van der Waals surface area contributed by atoms with E-state index in [9.17, 15) is 18.0 Å². The summed E-state index contributed by atoms with van der Waals surface area (Å²) in [7, 11) is -1.30. The number of para-hydroxylation sites is 1. The van der Waals surface area contributed by atoms with E-state index in [1.54, 1.807) is 61.5 Å². The van der Waals surface area contributed by atoms with Crippen molar-refractivity contribution in [3.63, 3.8) is 0 Å². The average Bonchev–Trinajstić information content (AvgIpc) is 2.82. The van der Waals surface area contributed by atoms with Crippen molar-refractivity contribution in [3.05, 3.63) is 83.9 Å². The van der Waals surface area contributed by atoms with Crippen molar-refractivity contribution >= 4 is 33.3 Å². The molecule has 0 aliphatic heterocycles. The predicted octanol–water partition coefficient (Wildman–Crippen LogP) is 3.62. The topological polar surface area (TPSA) is 102 Å². The Balaban J connectivity index is 1.92.